The van der Waals surface area contributed by atoms with Crippen LogP contribution in [-0.4, -0.2) is 47.9 Å². The molecule has 28 heavy (non-hydrogen) atoms. The number of pyridine rings is 1. The number of imidazole rings is 1. The lowest BCUT2D eigenvalue weighted by atomic mass is 10.0. The SMILES string of the molecule is COc1ccc(-c2cc(O[C@H](C)[C@@H]3CCNC3)c3c(c2)ncn3C)nc1OC. The van der Waals surface area contributed by atoms with Crippen molar-refractivity contribution < 1.29 is 14.2 Å². The van der Waals surface area contributed by atoms with E-state index in [1.807, 2.05) is 42.2 Å². The summed E-state index contributed by atoms with van der Waals surface area (Å²) in [4.78, 5) is 9.13. The van der Waals surface area contributed by atoms with Crippen molar-refractivity contribution in [1.82, 2.24) is 19.9 Å². The molecule has 1 aliphatic rings. The van der Waals surface area contributed by atoms with Crippen LogP contribution in [0.2, 0.25) is 0 Å². The number of hydrogen-bond donors (Lipinski definition) is 1. The number of hydrogen-bond acceptors (Lipinski definition) is 6. The summed E-state index contributed by atoms with van der Waals surface area (Å²) in [7, 11) is 5.17. The van der Waals surface area contributed by atoms with Crippen LogP contribution < -0.4 is 19.5 Å². The van der Waals surface area contributed by atoms with Gasteiger partial charge in [0.1, 0.15) is 17.4 Å². The van der Waals surface area contributed by atoms with Crippen LogP contribution in [0.3, 0.4) is 0 Å². The molecular weight excluding hydrogens is 356 g/mol. The first-order chi connectivity index (χ1) is 13.6. The number of fused-ring (bicyclic) bond motifs is 1. The predicted octanol–water partition coefficient (Wildman–Crippen LogP) is 3.03. The molecule has 3 heterocycles. The highest BCUT2D eigenvalue weighted by Gasteiger charge is 2.24. The van der Waals surface area contributed by atoms with Crippen LogP contribution in [0.1, 0.15) is 13.3 Å². The lowest BCUT2D eigenvalue weighted by Gasteiger charge is -2.21. The third-order valence-corrected chi connectivity index (χ3v) is 5.39. The summed E-state index contributed by atoms with van der Waals surface area (Å²) in [5.74, 6) is 2.38. The molecule has 7 heteroatoms. The third kappa shape index (κ3) is 3.38. The molecule has 1 fully saturated rings. The molecule has 4 rings (SSSR count). The van der Waals surface area contributed by atoms with Crippen molar-refractivity contribution in [2.45, 2.75) is 19.4 Å². The number of aryl methyl sites for hydroxylation is 1. The van der Waals surface area contributed by atoms with Crippen molar-refractivity contribution in [2.75, 3.05) is 27.3 Å². The van der Waals surface area contributed by atoms with Gasteiger partial charge in [0.2, 0.25) is 0 Å². The molecule has 0 radical (unpaired) electrons. The van der Waals surface area contributed by atoms with Crippen LogP contribution in [0.5, 0.6) is 17.4 Å². The molecule has 1 saturated heterocycles. The zero-order valence-electron chi connectivity index (χ0n) is 16.7. The Balaban J connectivity index is 1.76. The van der Waals surface area contributed by atoms with Gasteiger partial charge in [-0.1, -0.05) is 0 Å². The Hall–Kier alpha value is -2.80. The number of nitrogens with zero attached hydrogens (tertiary/aromatic N) is 3. The van der Waals surface area contributed by atoms with E-state index >= 15 is 0 Å². The van der Waals surface area contributed by atoms with Gasteiger partial charge in [-0.2, -0.15) is 0 Å². The topological polar surface area (TPSA) is 70.4 Å². The van der Waals surface area contributed by atoms with Crippen LogP contribution in [0.4, 0.5) is 0 Å². The molecule has 2 atom stereocenters. The zero-order valence-corrected chi connectivity index (χ0v) is 16.7. The summed E-state index contributed by atoms with van der Waals surface area (Å²) >= 11 is 0. The third-order valence-electron chi connectivity index (χ3n) is 5.39. The monoisotopic (exact) mass is 382 g/mol. The minimum absolute atomic E-state index is 0.113. The summed E-state index contributed by atoms with van der Waals surface area (Å²) in [5.41, 5.74) is 3.58. The van der Waals surface area contributed by atoms with E-state index in [0.29, 0.717) is 17.5 Å². The Bertz CT molecular complexity index is 979. The van der Waals surface area contributed by atoms with Crippen molar-refractivity contribution in [1.29, 1.82) is 0 Å². The van der Waals surface area contributed by atoms with Gasteiger partial charge >= 0.3 is 0 Å². The van der Waals surface area contributed by atoms with Crippen molar-refractivity contribution in [3.8, 4) is 28.6 Å². The summed E-state index contributed by atoms with van der Waals surface area (Å²) in [6.45, 7) is 4.18. The highest BCUT2D eigenvalue weighted by molar-refractivity contribution is 5.87. The molecule has 0 bridgehead atoms. The largest absolute Gasteiger partial charge is 0.491 e. The second-order valence-corrected chi connectivity index (χ2v) is 7.18. The highest BCUT2D eigenvalue weighted by Crippen LogP contribution is 2.35. The molecule has 148 valence electrons. The molecule has 1 aliphatic heterocycles. The first-order valence-corrected chi connectivity index (χ1v) is 9.52. The fourth-order valence-electron chi connectivity index (χ4n) is 3.75. The second kappa shape index (κ2) is 7.67. The lowest BCUT2D eigenvalue weighted by molar-refractivity contribution is 0.163. The molecule has 3 aromatic rings. The minimum Gasteiger partial charge on any atom is -0.491 e. The predicted molar refractivity (Wildman–Crippen MR) is 108 cm³/mol. The Morgan fingerprint density at radius 1 is 1.18 bits per heavy atom. The first-order valence-electron chi connectivity index (χ1n) is 9.52. The Kier molecular flexibility index (Phi) is 5.09. The summed E-state index contributed by atoms with van der Waals surface area (Å²) in [6, 6.07) is 7.84. The van der Waals surface area contributed by atoms with Gasteiger partial charge in [-0.15, -0.1) is 0 Å². The van der Waals surface area contributed by atoms with Crippen LogP contribution in [0.15, 0.2) is 30.6 Å². The van der Waals surface area contributed by atoms with Gasteiger partial charge in [0.15, 0.2) is 5.75 Å². The molecule has 0 unspecified atom stereocenters. The maximum Gasteiger partial charge on any atom is 0.257 e. The molecule has 1 N–H and O–H groups in total. The van der Waals surface area contributed by atoms with Gasteiger partial charge in [-0.25, -0.2) is 9.97 Å². The quantitative estimate of drug-likeness (QED) is 0.707. The molecule has 0 amide bonds. The summed E-state index contributed by atoms with van der Waals surface area (Å²) < 4.78 is 19.1. The number of methoxy groups -OCH3 is 2. The fourth-order valence-corrected chi connectivity index (χ4v) is 3.75. The maximum atomic E-state index is 6.43. The highest BCUT2D eigenvalue weighted by atomic mass is 16.5. The Labute approximate surface area is 164 Å². The van der Waals surface area contributed by atoms with Crippen molar-refractivity contribution in [3.05, 3.63) is 30.6 Å². The normalized spacial score (nSPS) is 17.6. The van der Waals surface area contributed by atoms with Gasteiger partial charge in [0, 0.05) is 25.1 Å². The summed E-state index contributed by atoms with van der Waals surface area (Å²) in [6.07, 6.45) is 3.05. The van der Waals surface area contributed by atoms with E-state index in [9.17, 15) is 0 Å². The number of rotatable bonds is 6. The van der Waals surface area contributed by atoms with E-state index in [2.05, 4.69) is 22.2 Å². The number of aromatic nitrogens is 3. The van der Waals surface area contributed by atoms with Gasteiger partial charge in [-0.05, 0) is 44.2 Å². The Morgan fingerprint density at radius 2 is 2.04 bits per heavy atom. The first kappa shape index (κ1) is 18.6. The van der Waals surface area contributed by atoms with E-state index in [-0.39, 0.29) is 6.10 Å². The van der Waals surface area contributed by atoms with Crippen LogP contribution in [0.25, 0.3) is 22.3 Å². The minimum atomic E-state index is 0.113. The van der Waals surface area contributed by atoms with Gasteiger partial charge in [-0.3, -0.25) is 0 Å². The van der Waals surface area contributed by atoms with E-state index in [4.69, 9.17) is 14.2 Å². The smallest absolute Gasteiger partial charge is 0.257 e. The van der Waals surface area contributed by atoms with Gasteiger partial charge in [0.05, 0.1) is 31.8 Å². The van der Waals surface area contributed by atoms with E-state index in [1.54, 1.807) is 14.2 Å². The molecule has 1 aromatic carbocycles. The van der Waals surface area contributed by atoms with Crippen molar-refractivity contribution in [2.24, 2.45) is 13.0 Å². The van der Waals surface area contributed by atoms with Crippen LogP contribution in [-0.2, 0) is 7.05 Å². The summed E-state index contributed by atoms with van der Waals surface area (Å²) in [5, 5.41) is 3.41. The van der Waals surface area contributed by atoms with Crippen LogP contribution in [0, 0.1) is 5.92 Å². The van der Waals surface area contributed by atoms with Gasteiger partial charge < -0.3 is 24.1 Å². The zero-order chi connectivity index (χ0) is 19.7. The molecular formula is C21H26N4O3. The molecule has 0 saturated carbocycles. The van der Waals surface area contributed by atoms with E-state index < -0.39 is 0 Å². The lowest BCUT2D eigenvalue weighted by Crippen LogP contribution is -2.25. The van der Waals surface area contributed by atoms with E-state index in [1.165, 1.54) is 0 Å². The average Bonchev–Trinajstić information content (AvgIpc) is 3.38. The molecule has 7 nitrogen and oxygen atoms in total. The van der Waals surface area contributed by atoms with E-state index in [0.717, 1.165) is 47.6 Å². The second-order valence-electron chi connectivity index (χ2n) is 7.18. The number of ether oxygens (including phenoxy) is 3. The van der Waals surface area contributed by atoms with Crippen molar-refractivity contribution >= 4 is 11.0 Å². The number of nitrogens with one attached hydrogen (secondary N) is 1. The maximum absolute atomic E-state index is 6.43. The standard InChI is InChI=1S/C21H26N4O3/c1-13(14-7-8-22-11-14)28-19-10-15(9-17-20(19)25(2)12-23-17)16-5-6-18(26-3)21(24-16)27-4/h5-6,9-10,12-14,22H,7-8,11H2,1-4H3/t13-,14-/m1/s1. The van der Waals surface area contributed by atoms with Gasteiger partial charge in [0.25, 0.3) is 5.88 Å². The fraction of sp³-hybridized carbons (Fsp3) is 0.429. The molecule has 2 aromatic heterocycles. The number of benzene rings is 1. The van der Waals surface area contributed by atoms with Crippen molar-refractivity contribution in [3.63, 3.8) is 0 Å². The molecule has 0 aliphatic carbocycles. The molecule has 0 spiro atoms. The van der Waals surface area contributed by atoms with Crippen LogP contribution >= 0.6 is 0 Å². The average molecular weight is 382 g/mol. The Morgan fingerprint density at radius 3 is 2.75 bits per heavy atom.